The van der Waals surface area contributed by atoms with Crippen LogP contribution < -0.4 is 24.5 Å². The Hall–Kier alpha value is -7.60. The van der Waals surface area contributed by atoms with Crippen LogP contribution in [0.1, 0.15) is 31.4 Å². The molecule has 0 N–H and O–H groups in total. The predicted molar refractivity (Wildman–Crippen MR) is 285 cm³/mol. The molecule has 2 aliphatic heterocycles. The first kappa shape index (κ1) is 40.9. The average molecular weight is 885 g/mol. The molecule has 326 valence electrons. The van der Waals surface area contributed by atoms with E-state index in [1.807, 2.05) is 0 Å². The highest BCUT2D eigenvalue weighted by Gasteiger charge is 2.36. The van der Waals surface area contributed by atoms with Crippen molar-refractivity contribution in [1.82, 2.24) is 0 Å². The molecule has 2 heterocycles. The highest BCUT2D eigenvalue weighted by atomic mass is 28.3. The van der Waals surface area contributed by atoms with Crippen molar-refractivity contribution in [3.8, 4) is 45.3 Å². The Balaban J connectivity index is 0.901. The molecule has 4 aliphatic rings. The Morgan fingerprint density at radius 2 is 1.18 bits per heavy atom. The summed E-state index contributed by atoms with van der Waals surface area (Å²) in [4.78, 5) is 4.70. The van der Waals surface area contributed by atoms with Crippen molar-refractivity contribution in [1.29, 1.82) is 0 Å². The lowest BCUT2D eigenvalue weighted by molar-refractivity contribution is 0.480. The predicted octanol–water partition coefficient (Wildman–Crippen LogP) is 16.7. The third kappa shape index (κ3) is 6.79. The molecule has 0 radical (unpaired) electrons. The summed E-state index contributed by atoms with van der Waals surface area (Å²) in [7, 11) is -1.48. The van der Waals surface area contributed by atoms with Crippen LogP contribution in [0.4, 0.5) is 22.7 Å². The lowest BCUT2D eigenvalue weighted by Gasteiger charge is -2.31. The summed E-state index contributed by atoms with van der Waals surface area (Å²) in [6.45, 7) is 16.3. The Morgan fingerprint density at radius 3 is 1.87 bits per heavy atom. The van der Waals surface area contributed by atoms with Crippen LogP contribution in [0.3, 0.4) is 0 Å². The van der Waals surface area contributed by atoms with Crippen molar-refractivity contribution >= 4 is 63.1 Å². The van der Waals surface area contributed by atoms with Gasteiger partial charge in [0.15, 0.2) is 0 Å². The lowest BCUT2D eigenvalue weighted by atomic mass is 9.83. The highest BCUT2D eigenvalue weighted by Crippen LogP contribution is 2.56. The van der Waals surface area contributed by atoms with Gasteiger partial charge in [-0.15, -0.1) is 0 Å². The van der Waals surface area contributed by atoms with Crippen molar-refractivity contribution in [3.63, 3.8) is 0 Å². The second kappa shape index (κ2) is 15.5. The molecule has 12 rings (SSSR count). The maximum absolute atomic E-state index is 6.93. The van der Waals surface area contributed by atoms with Gasteiger partial charge in [0.1, 0.15) is 23.0 Å². The van der Waals surface area contributed by atoms with Gasteiger partial charge in [0.25, 0.3) is 0 Å². The molecule has 0 aromatic heterocycles. The molecule has 0 fully saturated rings. The summed E-state index contributed by atoms with van der Waals surface area (Å²) in [5, 5.41) is 6.02. The Morgan fingerprint density at radius 1 is 0.582 bits per heavy atom. The van der Waals surface area contributed by atoms with E-state index in [9.17, 15) is 0 Å². The first-order valence-corrected chi connectivity index (χ1v) is 26.9. The largest absolute Gasteiger partial charge is 0.456 e. The normalized spacial score (nSPS) is 16.8. The molecule has 67 heavy (non-hydrogen) atoms. The van der Waals surface area contributed by atoms with Crippen molar-refractivity contribution in [2.45, 2.75) is 51.4 Å². The molecule has 0 amide bonds. The number of benzene rings is 8. The van der Waals surface area contributed by atoms with E-state index in [0.717, 1.165) is 90.8 Å². The molecule has 5 heteroatoms. The van der Waals surface area contributed by atoms with E-state index < -0.39 is 8.07 Å². The van der Waals surface area contributed by atoms with Gasteiger partial charge in [-0.1, -0.05) is 142 Å². The van der Waals surface area contributed by atoms with Crippen molar-refractivity contribution < 1.29 is 9.47 Å². The van der Waals surface area contributed by atoms with E-state index in [1.54, 1.807) is 0 Å². The van der Waals surface area contributed by atoms with Crippen LogP contribution in [0.25, 0.3) is 49.4 Å². The fraction of sp³-hybridized carbons (Fsp3) is 0.129. The molecule has 4 nitrogen and oxygen atoms in total. The molecule has 0 saturated heterocycles. The fourth-order valence-corrected chi connectivity index (χ4v) is 11.8. The van der Waals surface area contributed by atoms with Gasteiger partial charge < -0.3 is 19.3 Å². The first-order valence-electron chi connectivity index (χ1n) is 23.4. The van der Waals surface area contributed by atoms with Crippen LogP contribution in [0.15, 0.2) is 206 Å². The summed E-state index contributed by atoms with van der Waals surface area (Å²) in [5.41, 5.74) is 13.5. The zero-order valence-electron chi connectivity index (χ0n) is 38.7. The average Bonchev–Trinajstić information content (AvgIpc) is 3.54. The maximum atomic E-state index is 6.93. The van der Waals surface area contributed by atoms with E-state index >= 15 is 0 Å². The van der Waals surface area contributed by atoms with Crippen LogP contribution in [-0.2, 0) is 5.41 Å². The first-order chi connectivity index (χ1) is 32.5. The van der Waals surface area contributed by atoms with Crippen LogP contribution in [0, 0.1) is 0 Å². The number of hydrogen-bond acceptors (Lipinski definition) is 4. The maximum Gasteiger partial charge on any atom is 0.137 e. The molecule has 1 atom stereocenters. The molecule has 2 aliphatic carbocycles. The molecule has 0 saturated carbocycles. The summed E-state index contributed by atoms with van der Waals surface area (Å²) in [6.07, 6.45) is 16.3. The molecular formula is C62H52N2O2Si. The fourth-order valence-electron chi connectivity index (χ4n) is 10.6. The number of rotatable bonds is 8. The minimum atomic E-state index is -1.48. The standard InChI is InChI=1S/C62H52N2O2Si/c1-40-49(50-19-12-13-21-55(50)62(40,2)3)20-14-36-63(43-17-8-7-9-18-43)45-26-30-51-53-32-35-57-61-54(33-34-56(60(53)61)65-58(51)38-45)52-31-27-47(39-59(52)66-57)64(44-24-28-48(29-25-44)67(4,5)6)46-23-22-41-15-10-11-16-42(41)37-46/h7-17,19-39,43H,1,18H2,2-6H3. The minimum absolute atomic E-state index is 0.109. The number of nitrogens with zero attached hydrogens (tertiary/aromatic N) is 2. The van der Waals surface area contributed by atoms with Crippen molar-refractivity contribution in [2.24, 2.45) is 0 Å². The van der Waals surface area contributed by atoms with Gasteiger partial charge in [-0.25, -0.2) is 0 Å². The van der Waals surface area contributed by atoms with Gasteiger partial charge in [-0.3, -0.25) is 0 Å². The van der Waals surface area contributed by atoms with Gasteiger partial charge in [0.2, 0.25) is 0 Å². The van der Waals surface area contributed by atoms with E-state index in [4.69, 9.17) is 9.47 Å². The third-order valence-corrected chi connectivity index (χ3v) is 16.4. The topological polar surface area (TPSA) is 24.9 Å². The molecule has 8 aromatic rings. The number of allylic oxidation sites excluding steroid dienone is 6. The van der Waals surface area contributed by atoms with Crippen LogP contribution in [0.2, 0.25) is 19.6 Å². The second-order valence-corrected chi connectivity index (χ2v) is 24.9. The van der Waals surface area contributed by atoms with E-state index in [1.165, 1.54) is 32.7 Å². The lowest BCUT2D eigenvalue weighted by Crippen LogP contribution is -2.37. The molecule has 0 spiro atoms. The Labute approximate surface area is 394 Å². The van der Waals surface area contributed by atoms with Gasteiger partial charge in [-0.05, 0) is 129 Å². The summed E-state index contributed by atoms with van der Waals surface area (Å²) in [5.74, 6) is 3.34. The zero-order valence-corrected chi connectivity index (χ0v) is 39.7. The molecule has 0 bridgehead atoms. The number of anilines is 4. The Kier molecular flexibility index (Phi) is 9.46. The van der Waals surface area contributed by atoms with Gasteiger partial charge in [0.05, 0.1) is 14.1 Å². The van der Waals surface area contributed by atoms with E-state index in [0.29, 0.717) is 0 Å². The highest BCUT2D eigenvalue weighted by molar-refractivity contribution is 6.88. The minimum Gasteiger partial charge on any atom is -0.456 e. The summed E-state index contributed by atoms with van der Waals surface area (Å²) < 4.78 is 13.8. The van der Waals surface area contributed by atoms with E-state index in [-0.39, 0.29) is 11.5 Å². The zero-order chi connectivity index (χ0) is 45.6. The smallest absolute Gasteiger partial charge is 0.137 e. The third-order valence-electron chi connectivity index (χ3n) is 14.4. The quantitative estimate of drug-likeness (QED) is 0.142. The summed E-state index contributed by atoms with van der Waals surface area (Å²) in [6, 6.07) is 55.3. The summed E-state index contributed by atoms with van der Waals surface area (Å²) >= 11 is 0. The van der Waals surface area contributed by atoms with Gasteiger partial charge >= 0.3 is 0 Å². The Bertz CT molecular complexity index is 3490. The van der Waals surface area contributed by atoms with Crippen LogP contribution in [-0.4, -0.2) is 14.1 Å². The number of fused-ring (bicyclic) bond motifs is 6. The monoisotopic (exact) mass is 884 g/mol. The van der Waals surface area contributed by atoms with Crippen molar-refractivity contribution in [3.05, 3.63) is 218 Å². The van der Waals surface area contributed by atoms with Crippen LogP contribution >= 0.6 is 0 Å². The number of hydrogen-bond donors (Lipinski definition) is 0. The van der Waals surface area contributed by atoms with Gasteiger partial charge in [0, 0.05) is 68.4 Å². The SMILES string of the molecule is C=C1C(=CC=CN(c2ccc3c(c2)Oc2ccc4c5c(ccc-3c25)Oc2cc(N(c3ccc([Si](C)(C)C)cc3)c3ccc5ccccc5c3)ccc2-4)C2C=CC=CC2)c2ccccc2C1(C)C. The van der Waals surface area contributed by atoms with Gasteiger partial charge in [-0.2, -0.15) is 0 Å². The molecule has 1 unspecified atom stereocenters. The molecule has 8 aromatic carbocycles. The molecular weight excluding hydrogens is 833 g/mol. The van der Waals surface area contributed by atoms with Crippen molar-refractivity contribution in [2.75, 3.05) is 9.80 Å². The second-order valence-electron chi connectivity index (χ2n) is 19.8. The van der Waals surface area contributed by atoms with Crippen LogP contribution in [0.5, 0.6) is 23.0 Å². The van der Waals surface area contributed by atoms with E-state index in [2.05, 4.69) is 244 Å². The number of ether oxygens (including phenoxy) is 2.